The highest BCUT2D eigenvalue weighted by atomic mass is 32.1. The van der Waals surface area contributed by atoms with Crippen LogP contribution in [-0.4, -0.2) is 20.9 Å². The number of thiazole rings is 1. The molecule has 0 saturated carbocycles. The zero-order valence-electron chi connectivity index (χ0n) is 15.0. The lowest BCUT2D eigenvalue weighted by molar-refractivity contribution is -0.110. The van der Waals surface area contributed by atoms with Crippen LogP contribution in [0.5, 0.6) is 0 Å². The quantitative estimate of drug-likeness (QED) is 0.498. The number of carbonyl (C=O) groups excluding carboxylic acids is 1. The predicted molar refractivity (Wildman–Crippen MR) is 111 cm³/mol. The fourth-order valence-electron chi connectivity index (χ4n) is 2.99. The summed E-state index contributed by atoms with van der Waals surface area (Å²) in [6.45, 7) is 4.00. The number of nitrogens with one attached hydrogen (secondary N) is 2. The molecular formula is C21H18N4OS. The van der Waals surface area contributed by atoms with Gasteiger partial charge in [0.2, 0.25) is 0 Å². The molecule has 0 unspecified atom stereocenters. The van der Waals surface area contributed by atoms with Gasteiger partial charge in [0.25, 0.3) is 5.91 Å². The van der Waals surface area contributed by atoms with Crippen LogP contribution in [0.4, 0.5) is 5.69 Å². The Balaban J connectivity index is 1.73. The van der Waals surface area contributed by atoms with Crippen LogP contribution in [0.3, 0.4) is 0 Å². The number of fused-ring (bicyclic) bond motifs is 1. The van der Waals surface area contributed by atoms with E-state index in [-0.39, 0.29) is 5.91 Å². The summed E-state index contributed by atoms with van der Waals surface area (Å²) >= 11 is 1.61. The number of aromatic nitrogens is 3. The number of aromatic amines is 1. The van der Waals surface area contributed by atoms with Gasteiger partial charge in [0, 0.05) is 40.2 Å². The molecule has 1 aromatic carbocycles. The molecule has 3 aromatic rings. The maximum atomic E-state index is 12.4. The smallest absolute Gasteiger partial charge is 0.256 e. The average Bonchev–Trinajstić information content (AvgIpc) is 3.41. The third kappa shape index (κ3) is 3.27. The van der Waals surface area contributed by atoms with Gasteiger partial charge in [-0.25, -0.2) is 9.97 Å². The van der Waals surface area contributed by atoms with Crippen LogP contribution in [0.1, 0.15) is 30.2 Å². The highest BCUT2D eigenvalue weighted by molar-refractivity contribution is 7.11. The second-order valence-corrected chi connectivity index (χ2v) is 6.89. The van der Waals surface area contributed by atoms with Crippen molar-refractivity contribution in [3.8, 4) is 11.3 Å². The first-order valence-electron chi connectivity index (χ1n) is 8.61. The molecule has 0 bridgehead atoms. The number of carbonyl (C=O) groups is 1. The molecule has 0 fully saturated rings. The molecule has 134 valence electrons. The summed E-state index contributed by atoms with van der Waals surface area (Å²) in [7, 11) is 0. The Hall–Kier alpha value is -3.25. The standard InChI is InChI=1S/C21H18N4OS/c1-3-5-13(4-2)21-25-18(12-27-21)14-6-7-17-15(10-14)16(20(26)24-17)11-19-22-8-9-23-19/h3-12H,1-2H3,(H,22,23)(H,24,26)/b5-3?,13-4+,16-11-. The molecular weight excluding hydrogens is 356 g/mol. The van der Waals surface area contributed by atoms with Crippen molar-refractivity contribution in [1.82, 2.24) is 15.0 Å². The third-order valence-electron chi connectivity index (χ3n) is 4.31. The minimum atomic E-state index is -0.123. The van der Waals surface area contributed by atoms with Crippen molar-refractivity contribution < 1.29 is 4.79 Å². The Kier molecular flexibility index (Phi) is 4.56. The summed E-state index contributed by atoms with van der Waals surface area (Å²) in [5.74, 6) is 0.528. The first-order chi connectivity index (χ1) is 13.2. The largest absolute Gasteiger partial charge is 0.345 e. The molecule has 27 heavy (non-hydrogen) atoms. The van der Waals surface area contributed by atoms with Gasteiger partial charge in [0.1, 0.15) is 10.8 Å². The second-order valence-electron chi connectivity index (χ2n) is 6.03. The molecule has 0 spiro atoms. The van der Waals surface area contributed by atoms with Gasteiger partial charge in [-0.05, 0) is 32.1 Å². The predicted octanol–water partition coefficient (Wildman–Crippen LogP) is 5.01. The van der Waals surface area contributed by atoms with E-state index < -0.39 is 0 Å². The van der Waals surface area contributed by atoms with E-state index in [9.17, 15) is 4.79 Å². The number of benzene rings is 1. The van der Waals surface area contributed by atoms with Crippen LogP contribution < -0.4 is 5.32 Å². The molecule has 1 aliphatic rings. The number of rotatable bonds is 4. The maximum Gasteiger partial charge on any atom is 0.256 e. The van der Waals surface area contributed by atoms with E-state index in [1.54, 1.807) is 29.8 Å². The second kappa shape index (κ2) is 7.17. The van der Waals surface area contributed by atoms with E-state index in [0.717, 1.165) is 33.1 Å². The number of hydrogen-bond donors (Lipinski definition) is 2. The Morgan fingerprint density at radius 1 is 1.26 bits per heavy atom. The van der Waals surface area contributed by atoms with E-state index >= 15 is 0 Å². The first-order valence-corrected chi connectivity index (χ1v) is 9.49. The van der Waals surface area contributed by atoms with Crippen molar-refractivity contribution in [3.63, 3.8) is 0 Å². The molecule has 2 aromatic heterocycles. The molecule has 6 heteroatoms. The van der Waals surface area contributed by atoms with Crippen molar-refractivity contribution in [2.45, 2.75) is 13.8 Å². The molecule has 2 N–H and O–H groups in total. The monoisotopic (exact) mass is 374 g/mol. The van der Waals surface area contributed by atoms with Gasteiger partial charge < -0.3 is 10.3 Å². The summed E-state index contributed by atoms with van der Waals surface area (Å²) in [5.41, 5.74) is 5.25. The van der Waals surface area contributed by atoms with Crippen molar-refractivity contribution in [1.29, 1.82) is 0 Å². The number of imidazole rings is 1. The van der Waals surface area contributed by atoms with Gasteiger partial charge >= 0.3 is 0 Å². The Morgan fingerprint density at radius 2 is 2.15 bits per heavy atom. The third-order valence-corrected chi connectivity index (χ3v) is 5.20. The van der Waals surface area contributed by atoms with Gasteiger partial charge in [-0.1, -0.05) is 24.3 Å². The lowest BCUT2D eigenvalue weighted by Gasteiger charge is -2.02. The topological polar surface area (TPSA) is 70.7 Å². The molecule has 0 atom stereocenters. The van der Waals surface area contributed by atoms with E-state index in [4.69, 9.17) is 4.98 Å². The molecule has 0 aliphatic carbocycles. The fourth-order valence-corrected chi connectivity index (χ4v) is 3.88. The summed E-state index contributed by atoms with van der Waals surface area (Å²) < 4.78 is 0. The Bertz CT molecular complexity index is 1090. The van der Waals surface area contributed by atoms with Crippen molar-refractivity contribution >= 4 is 40.2 Å². The zero-order chi connectivity index (χ0) is 18.8. The summed E-state index contributed by atoms with van der Waals surface area (Å²) in [5, 5.41) is 5.93. The first kappa shape index (κ1) is 17.2. The van der Waals surface area contributed by atoms with Crippen molar-refractivity contribution in [3.05, 3.63) is 70.6 Å². The lowest BCUT2D eigenvalue weighted by atomic mass is 10.0. The number of anilines is 1. The van der Waals surface area contributed by atoms with Crippen LogP contribution in [0.15, 0.2) is 54.2 Å². The SMILES string of the molecule is CC=C/C(=C\C)c1nc(-c2ccc3c(c2)/C(=C/c2ncc[nH]2)C(=O)N3)cs1. The molecule has 0 saturated heterocycles. The van der Waals surface area contributed by atoms with Crippen LogP contribution in [0.2, 0.25) is 0 Å². The molecule has 3 heterocycles. The van der Waals surface area contributed by atoms with Gasteiger partial charge in [-0.2, -0.15) is 0 Å². The number of allylic oxidation sites excluding steroid dienone is 4. The lowest BCUT2D eigenvalue weighted by Crippen LogP contribution is -2.03. The van der Waals surface area contributed by atoms with Gasteiger partial charge in [-0.3, -0.25) is 4.79 Å². The zero-order valence-corrected chi connectivity index (χ0v) is 15.8. The average molecular weight is 374 g/mol. The molecule has 0 radical (unpaired) electrons. The molecule has 1 amide bonds. The van der Waals surface area contributed by atoms with Crippen molar-refractivity contribution in [2.24, 2.45) is 0 Å². The highest BCUT2D eigenvalue weighted by Crippen LogP contribution is 2.36. The number of H-pyrrole nitrogens is 1. The van der Waals surface area contributed by atoms with E-state index in [1.165, 1.54) is 0 Å². The Morgan fingerprint density at radius 3 is 2.89 bits per heavy atom. The summed E-state index contributed by atoms with van der Waals surface area (Å²) in [6, 6.07) is 5.91. The van der Waals surface area contributed by atoms with Crippen LogP contribution in [0.25, 0.3) is 28.5 Å². The van der Waals surface area contributed by atoms with E-state index in [2.05, 4.69) is 27.4 Å². The number of hydrogen-bond acceptors (Lipinski definition) is 4. The van der Waals surface area contributed by atoms with Crippen LogP contribution >= 0.6 is 11.3 Å². The van der Waals surface area contributed by atoms with E-state index in [0.29, 0.717) is 11.4 Å². The van der Waals surface area contributed by atoms with Gasteiger partial charge in [0.05, 0.1) is 11.3 Å². The molecule has 4 rings (SSSR count). The van der Waals surface area contributed by atoms with Gasteiger partial charge in [0.15, 0.2) is 0 Å². The Labute approximate surface area is 161 Å². The summed E-state index contributed by atoms with van der Waals surface area (Å²) in [4.78, 5) is 24.3. The molecule has 1 aliphatic heterocycles. The highest BCUT2D eigenvalue weighted by Gasteiger charge is 2.25. The minimum Gasteiger partial charge on any atom is -0.345 e. The molecule has 5 nitrogen and oxygen atoms in total. The van der Waals surface area contributed by atoms with Crippen LogP contribution in [-0.2, 0) is 4.79 Å². The normalized spacial score (nSPS) is 15.6. The summed E-state index contributed by atoms with van der Waals surface area (Å²) in [6.07, 6.45) is 11.3. The van der Waals surface area contributed by atoms with Gasteiger partial charge in [-0.15, -0.1) is 11.3 Å². The van der Waals surface area contributed by atoms with E-state index in [1.807, 2.05) is 43.5 Å². The van der Waals surface area contributed by atoms with Crippen molar-refractivity contribution in [2.75, 3.05) is 5.32 Å². The maximum absolute atomic E-state index is 12.4. The minimum absolute atomic E-state index is 0.123. The number of amides is 1. The number of nitrogens with zero attached hydrogens (tertiary/aromatic N) is 2. The fraction of sp³-hybridized carbons (Fsp3) is 0.0952. The van der Waals surface area contributed by atoms with Crippen LogP contribution in [0, 0.1) is 0 Å².